The van der Waals surface area contributed by atoms with Gasteiger partial charge in [0, 0.05) is 23.5 Å². The van der Waals surface area contributed by atoms with Crippen molar-refractivity contribution in [1.29, 1.82) is 0 Å². The molecule has 0 atom stereocenters. The van der Waals surface area contributed by atoms with Crippen LogP contribution < -0.4 is 10.1 Å². The molecule has 1 N–H and O–H groups in total. The fourth-order valence-electron chi connectivity index (χ4n) is 3.85. The molecule has 37 heavy (non-hydrogen) atoms. The number of aromatic nitrogens is 2. The number of carbonyl (C=O) groups excluding carboxylic acids is 1. The molecule has 8 nitrogen and oxygen atoms in total. The molecule has 1 aromatic heterocycles. The minimum atomic E-state index is -3.93. The molecule has 3 aromatic carbocycles. The number of methoxy groups -OCH3 is 1. The van der Waals surface area contributed by atoms with Gasteiger partial charge in [-0.3, -0.25) is 14.7 Å². The fourth-order valence-corrected chi connectivity index (χ4v) is 5.45. The largest absolute Gasteiger partial charge is 0.497 e. The van der Waals surface area contributed by atoms with E-state index in [2.05, 4.69) is 10.3 Å². The molecular formula is C28H30N4O4S. The van der Waals surface area contributed by atoms with Crippen LogP contribution in [0.3, 0.4) is 0 Å². The molecule has 1 heterocycles. The number of hydrogen-bond donors (Lipinski definition) is 1. The third kappa shape index (κ3) is 5.90. The SMILES string of the molecule is COc1ccc(S(=O)(=O)N(CC(=O)Nc2nc(-c3ccccc3)cn2-c2ccc(C)cc2)C(C)C)cc1. The second kappa shape index (κ2) is 11.0. The molecule has 1 amide bonds. The Kier molecular flexibility index (Phi) is 7.75. The minimum Gasteiger partial charge on any atom is -0.497 e. The van der Waals surface area contributed by atoms with E-state index in [-0.39, 0.29) is 11.4 Å². The monoisotopic (exact) mass is 518 g/mol. The Labute approximate surface area is 217 Å². The van der Waals surface area contributed by atoms with Gasteiger partial charge in [0.1, 0.15) is 5.75 Å². The molecule has 4 rings (SSSR count). The molecule has 192 valence electrons. The Hall–Kier alpha value is -3.95. The van der Waals surface area contributed by atoms with E-state index >= 15 is 0 Å². The van der Waals surface area contributed by atoms with E-state index in [4.69, 9.17) is 4.74 Å². The van der Waals surface area contributed by atoms with Crippen molar-refractivity contribution >= 4 is 21.9 Å². The van der Waals surface area contributed by atoms with Crippen LogP contribution in [0.4, 0.5) is 5.95 Å². The van der Waals surface area contributed by atoms with E-state index in [0.717, 1.165) is 16.8 Å². The first-order chi connectivity index (χ1) is 17.7. The van der Waals surface area contributed by atoms with Crippen LogP contribution in [0.1, 0.15) is 19.4 Å². The number of ether oxygens (including phenoxy) is 1. The van der Waals surface area contributed by atoms with Crippen LogP contribution in [0.25, 0.3) is 16.9 Å². The number of nitrogens with zero attached hydrogens (tertiary/aromatic N) is 3. The lowest BCUT2D eigenvalue weighted by molar-refractivity contribution is -0.116. The molecule has 0 saturated heterocycles. The molecule has 0 fully saturated rings. The topological polar surface area (TPSA) is 93.5 Å². The van der Waals surface area contributed by atoms with Gasteiger partial charge in [-0.05, 0) is 57.2 Å². The summed E-state index contributed by atoms with van der Waals surface area (Å²) in [6, 6.07) is 23.1. The van der Waals surface area contributed by atoms with E-state index in [0.29, 0.717) is 17.4 Å². The van der Waals surface area contributed by atoms with Gasteiger partial charge in [-0.25, -0.2) is 13.4 Å². The zero-order valence-corrected chi connectivity index (χ0v) is 22.1. The number of hydrogen-bond acceptors (Lipinski definition) is 5. The average Bonchev–Trinajstić information content (AvgIpc) is 3.31. The van der Waals surface area contributed by atoms with Gasteiger partial charge in [-0.1, -0.05) is 48.0 Å². The van der Waals surface area contributed by atoms with Crippen molar-refractivity contribution in [2.75, 3.05) is 19.0 Å². The molecule has 0 radical (unpaired) electrons. The van der Waals surface area contributed by atoms with E-state index in [1.54, 1.807) is 30.5 Å². The van der Waals surface area contributed by atoms with Gasteiger partial charge in [-0.2, -0.15) is 4.31 Å². The van der Waals surface area contributed by atoms with Gasteiger partial charge in [0.2, 0.25) is 21.9 Å². The highest BCUT2D eigenvalue weighted by atomic mass is 32.2. The zero-order valence-electron chi connectivity index (χ0n) is 21.3. The third-order valence-electron chi connectivity index (χ3n) is 5.88. The number of anilines is 1. The number of sulfonamides is 1. The average molecular weight is 519 g/mol. The maximum Gasteiger partial charge on any atom is 0.243 e. The van der Waals surface area contributed by atoms with Crippen molar-refractivity contribution in [2.45, 2.75) is 31.7 Å². The molecule has 0 aliphatic carbocycles. The number of amides is 1. The second-order valence-corrected chi connectivity index (χ2v) is 10.8. The molecule has 0 unspecified atom stereocenters. The van der Waals surface area contributed by atoms with Crippen LogP contribution in [0.2, 0.25) is 0 Å². The highest BCUT2D eigenvalue weighted by Crippen LogP contribution is 2.25. The first kappa shape index (κ1) is 26.1. The van der Waals surface area contributed by atoms with Crippen LogP contribution in [-0.2, 0) is 14.8 Å². The van der Waals surface area contributed by atoms with Gasteiger partial charge in [0.05, 0.1) is 24.2 Å². The number of imidazole rings is 1. The van der Waals surface area contributed by atoms with Crippen LogP contribution in [0.15, 0.2) is 90.0 Å². The standard InChI is InChI=1S/C28H30N4O4S/c1-20(2)32(37(34,35)25-16-14-24(36-4)15-17-25)19-27(33)30-28-29-26(22-8-6-5-7-9-22)18-31(28)23-12-10-21(3)11-13-23/h5-18,20H,19H2,1-4H3,(H,29,30,33). The molecule has 0 spiro atoms. The van der Waals surface area contributed by atoms with Gasteiger partial charge in [0.15, 0.2) is 0 Å². The maximum absolute atomic E-state index is 13.4. The van der Waals surface area contributed by atoms with Crippen LogP contribution in [0, 0.1) is 6.92 Å². The molecule has 9 heteroatoms. The Balaban J connectivity index is 1.63. The molecule has 0 aliphatic heterocycles. The van der Waals surface area contributed by atoms with Crippen molar-refractivity contribution in [3.05, 3.63) is 90.6 Å². The van der Waals surface area contributed by atoms with Crippen molar-refractivity contribution < 1.29 is 17.9 Å². The Morgan fingerprint density at radius 3 is 2.24 bits per heavy atom. The number of aryl methyl sites for hydroxylation is 1. The second-order valence-electron chi connectivity index (χ2n) is 8.89. The highest BCUT2D eigenvalue weighted by Gasteiger charge is 2.29. The summed E-state index contributed by atoms with van der Waals surface area (Å²) in [4.78, 5) is 17.9. The summed E-state index contributed by atoms with van der Waals surface area (Å²) in [5.74, 6) is 0.354. The summed E-state index contributed by atoms with van der Waals surface area (Å²) in [5.41, 5.74) is 3.51. The van der Waals surface area contributed by atoms with Gasteiger partial charge < -0.3 is 4.74 Å². The van der Waals surface area contributed by atoms with Crippen molar-refractivity contribution in [3.8, 4) is 22.7 Å². The number of rotatable bonds is 9. The van der Waals surface area contributed by atoms with Crippen molar-refractivity contribution in [3.63, 3.8) is 0 Å². The van der Waals surface area contributed by atoms with Gasteiger partial charge >= 0.3 is 0 Å². The zero-order chi connectivity index (χ0) is 26.6. The minimum absolute atomic E-state index is 0.0855. The summed E-state index contributed by atoms with van der Waals surface area (Å²) in [5, 5.41) is 2.83. The molecular weight excluding hydrogens is 488 g/mol. The number of carbonyl (C=O) groups is 1. The number of nitrogens with one attached hydrogen (secondary N) is 1. The Morgan fingerprint density at radius 2 is 1.65 bits per heavy atom. The summed E-state index contributed by atoms with van der Waals surface area (Å²) in [6.45, 7) is 5.09. The van der Waals surface area contributed by atoms with E-state index in [1.165, 1.54) is 23.5 Å². The first-order valence-corrected chi connectivity index (χ1v) is 13.3. The summed E-state index contributed by atoms with van der Waals surface area (Å²) in [7, 11) is -2.42. The van der Waals surface area contributed by atoms with Crippen LogP contribution >= 0.6 is 0 Å². The van der Waals surface area contributed by atoms with E-state index < -0.39 is 22.0 Å². The Bertz CT molecular complexity index is 1460. The predicted molar refractivity (Wildman–Crippen MR) is 144 cm³/mol. The third-order valence-corrected chi connectivity index (χ3v) is 7.92. The van der Waals surface area contributed by atoms with E-state index in [1.807, 2.05) is 67.7 Å². The first-order valence-electron chi connectivity index (χ1n) is 11.9. The predicted octanol–water partition coefficient (Wildman–Crippen LogP) is 4.89. The summed E-state index contributed by atoms with van der Waals surface area (Å²) >= 11 is 0. The fraction of sp³-hybridized carbons (Fsp3) is 0.214. The lowest BCUT2D eigenvalue weighted by Crippen LogP contribution is -2.42. The van der Waals surface area contributed by atoms with E-state index in [9.17, 15) is 13.2 Å². The lowest BCUT2D eigenvalue weighted by atomic mass is 10.2. The quantitative estimate of drug-likeness (QED) is 0.340. The molecule has 4 aromatic rings. The van der Waals surface area contributed by atoms with Crippen molar-refractivity contribution in [2.24, 2.45) is 0 Å². The normalized spacial score (nSPS) is 11.6. The lowest BCUT2D eigenvalue weighted by Gasteiger charge is -2.25. The molecule has 0 saturated carbocycles. The van der Waals surface area contributed by atoms with Crippen molar-refractivity contribution in [1.82, 2.24) is 13.9 Å². The smallest absolute Gasteiger partial charge is 0.243 e. The summed E-state index contributed by atoms with van der Waals surface area (Å²) < 4.78 is 34.8. The van der Waals surface area contributed by atoms with Crippen LogP contribution in [0.5, 0.6) is 5.75 Å². The number of benzene rings is 3. The van der Waals surface area contributed by atoms with Crippen LogP contribution in [-0.4, -0.2) is 47.9 Å². The molecule has 0 aliphatic rings. The summed E-state index contributed by atoms with van der Waals surface area (Å²) in [6.07, 6.45) is 1.85. The highest BCUT2D eigenvalue weighted by molar-refractivity contribution is 7.89. The van der Waals surface area contributed by atoms with Gasteiger partial charge in [-0.15, -0.1) is 0 Å². The maximum atomic E-state index is 13.4. The van der Waals surface area contributed by atoms with Gasteiger partial charge in [0.25, 0.3) is 0 Å². The Morgan fingerprint density at radius 1 is 1.00 bits per heavy atom. The molecule has 0 bridgehead atoms.